The zero-order chi connectivity index (χ0) is 23.6. The van der Waals surface area contributed by atoms with Crippen LogP contribution in [0.3, 0.4) is 0 Å². The summed E-state index contributed by atoms with van der Waals surface area (Å²) in [5, 5.41) is 12.4. The number of hydrogen-bond donors (Lipinski definition) is 2. The minimum absolute atomic E-state index is 0.0110. The third-order valence-corrected chi connectivity index (χ3v) is 5.66. The first-order valence-electron chi connectivity index (χ1n) is 10.5. The number of carbonyl (C=O) groups excluding carboxylic acids is 2. The fourth-order valence-corrected chi connectivity index (χ4v) is 3.87. The van der Waals surface area contributed by atoms with Crippen molar-refractivity contribution < 1.29 is 23.9 Å². The van der Waals surface area contributed by atoms with E-state index >= 15 is 0 Å². The molecule has 3 rings (SSSR count). The number of fused-ring (bicyclic) bond motifs is 1. The first-order chi connectivity index (χ1) is 15.2. The molecule has 0 fully saturated rings. The predicted molar refractivity (Wildman–Crippen MR) is 120 cm³/mol. The zero-order valence-corrected chi connectivity index (χ0v) is 18.6. The summed E-state index contributed by atoms with van der Waals surface area (Å²) in [6, 6.07) is 5.01. The van der Waals surface area contributed by atoms with Gasteiger partial charge in [0.25, 0.3) is 5.91 Å². The van der Waals surface area contributed by atoms with E-state index in [2.05, 4.69) is 5.32 Å². The van der Waals surface area contributed by atoms with Crippen molar-refractivity contribution in [1.82, 2.24) is 14.4 Å². The number of carbonyl (C=O) groups is 3. The second kappa shape index (κ2) is 9.35. The van der Waals surface area contributed by atoms with Gasteiger partial charge in [0.05, 0.1) is 11.3 Å². The molecule has 8 nitrogen and oxygen atoms in total. The van der Waals surface area contributed by atoms with Crippen LogP contribution < -0.4 is 5.32 Å². The largest absolute Gasteiger partial charge is 0.465 e. The Labute approximate surface area is 185 Å². The summed E-state index contributed by atoms with van der Waals surface area (Å²) in [6.07, 6.45) is 0.156. The van der Waals surface area contributed by atoms with E-state index in [1.54, 1.807) is 19.9 Å². The minimum atomic E-state index is -1.35. The van der Waals surface area contributed by atoms with E-state index < -0.39 is 23.8 Å². The maximum absolute atomic E-state index is 13.8. The van der Waals surface area contributed by atoms with Gasteiger partial charge in [-0.05, 0) is 62.8 Å². The van der Waals surface area contributed by atoms with Gasteiger partial charge in [0, 0.05) is 30.0 Å². The van der Waals surface area contributed by atoms with Crippen LogP contribution in [0, 0.1) is 19.7 Å². The minimum Gasteiger partial charge on any atom is -0.465 e. The van der Waals surface area contributed by atoms with Crippen molar-refractivity contribution >= 4 is 35.4 Å². The van der Waals surface area contributed by atoms with E-state index in [9.17, 15) is 23.9 Å². The summed E-state index contributed by atoms with van der Waals surface area (Å²) < 4.78 is 15.1. The molecule has 0 radical (unpaired) electrons. The normalized spacial score (nSPS) is 14.1. The number of hydrogen-bond acceptors (Lipinski definition) is 4. The summed E-state index contributed by atoms with van der Waals surface area (Å²) in [5.41, 5.74) is 2.68. The van der Waals surface area contributed by atoms with Crippen molar-refractivity contribution in [3.05, 3.63) is 52.6 Å². The summed E-state index contributed by atoms with van der Waals surface area (Å²) in [4.78, 5) is 40.5. The number of likely N-dealkylation sites (N-methyl/N-ethyl adjacent to an activating group) is 1. The van der Waals surface area contributed by atoms with Crippen LogP contribution in [0.4, 0.5) is 19.7 Å². The zero-order valence-electron chi connectivity index (χ0n) is 18.6. The lowest BCUT2D eigenvalue weighted by atomic mass is 10.0. The van der Waals surface area contributed by atoms with Gasteiger partial charge in [-0.3, -0.25) is 9.36 Å². The van der Waals surface area contributed by atoms with Crippen molar-refractivity contribution in [3.63, 3.8) is 0 Å². The van der Waals surface area contributed by atoms with Crippen LogP contribution in [0.2, 0.25) is 0 Å². The van der Waals surface area contributed by atoms with Gasteiger partial charge in [-0.1, -0.05) is 13.8 Å². The van der Waals surface area contributed by atoms with Crippen molar-refractivity contribution in [2.24, 2.45) is 0 Å². The Morgan fingerprint density at radius 3 is 2.47 bits per heavy atom. The molecule has 0 saturated carbocycles. The van der Waals surface area contributed by atoms with Gasteiger partial charge in [-0.25, -0.2) is 18.9 Å². The van der Waals surface area contributed by atoms with Crippen molar-refractivity contribution in [3.8, 4) is 0 Å². The summed E-state index contributed by atoms with van der Waals surface area (Å²) in [7, 11) is 0. The van der Waals surface area contributed by atoms with Crippen LogP contribution in [0.15, 0.2) is 24.3 Å². The van der Waals surface area contributed by atoms with Crippen LogP contribution in [0.25, 0.3) is 11.6 Å². The fraction of sp³-hybridized carbons (Fsp3) is 0.348. The molecule has 1 aromatic heterocycles. The number of carboxylic acid groups (broad SMARTS) is 1. The standard InChI is InChI=1S/C23H27FN4O4/c1-5-26(6-2)9-10-27(23(31)32)22(30)28-15(4)11-14(3)20(28)13-18-17-12-16(24)7-8-19(17)25-21(18)29/h7-8,11-13H,5-6,9-10H2,1-4H3,(H,25,29)(H,31,32). The highest BCUT2D eigenvalue weighted by molar-refractivity contribution is 6.35. The topological polar surface area (TPSA) is 94.9 Å². The molecular formula is C23H27FN4O4. The third kappa shape index (κ3) is 4.43. The lowest BCUT2D eigenvalue weighted by molar-refractivity contribution is -0.110. The number of nitrogens with one attached hydrogen (secondary N) is 1. The van der Waals surface area contributed by atoms with Gasteiger partial charge in [0.15, 0.2) is 0 Å². The molecule has 1 aromatic carbocycles. The predicted octanol–water partition coefficient (Wildman–Crippen LogP) is 4.03. The molecular weight excluding hydrogens is 415 g/mol. The molecule has 2 aromatic rings. The van der Waals surface area contributed by atoms with Crippen molar-refractivity contribution in [2.45, 2.75) is 27.7 Å². The second-order valence-corrected chi connectivity index (χ2v) is 7.64. The lowest BCUT2D eigenvalue weighted by Gasteiger charge is -2.24. The molecule has 0 bridgehead atoms. The molecule has 170 valence electrons. The Bertz CT molecular complexity index is 1100. The molecule has 1 aliphatic heterocycles. The quantitative estimate of drug-likeness (QED) is 0.659. The van der Waals surface area contributed by atoms with Crippen LogP contribution in [-0.2, 0) is 4.79 Å². The maximum Gasteiger partial charge on any atom is 0.415 e. The van der Waals surface area contributed by atoms with Crippen LogP contribution in [0.1, 0.15) is 36.4 Å². The van der Waals surface area contributed by atoms with Gasteiger partial charge < -0.3 is 15.3 Å². The molecule has 32 heavy (non-hydrogen) atoms. The molecule has 0 spiro atoms. The molecule has 2 N–H and O–H groups in total. The van der Waals surface area contributed by atoms with Crippen LogP contribution in [0.5, 0.6) is 0 Å². The summed E-state index contributed by atoms with van der Waals surface area (Å²) in [5.74, 6) is -0.904. The number of amides is 3. The molecule has 0 aliphatic carbocycles. The lowest BCUT2D eigenvalue weighted by Crippen LogP contribution is -2.44. The van der Waals surface area contributed by atoms with Gasteiger partial charge in [0.2, 0.25) is 0 Å². The van der Waals surface area contributed by atoms with Gasteiger partial charge in [-0.2, -0.15) is 0 Å². The first kappa shape index (κ1) is 23.2. The molecule has 9 heteroatoms. The average Bonchev–Trinajstić information content (AvgIpc) is 3.19. The smallest absolute Gasteiger partial charge is 0.415 e. The Hall–Kier alpha value is -3.46. The van der Waals surface area contributed by atoms with Gasteiger partial charge >= 0.3 is 12.1 Å². The molecule has 0 unspecified atom stereocenters. The highest BCUT2D eigenvalue weighted by atomic mass is 19.1. The number of anilines is 1. The molecule has 2 heterocycles. The van der Waals surface area contributed by atoms with Gasteiger partial charge in [0.1, 0.15) is 5.82 Å². The van der Waals surface area contributed by atoms with E-state index in [1.165, 1.54) is 28.8 Å². The summed E-state index contributed by atoms with van der Waals surface area (Å²) >= 11 is 0. The molecule has 0 saturated heterocycles. The van der Waals surface area contributed by atoms with E-state index in [4.69, 9.17) is 0 Å². The van der Waals surface area contributed by atoms with Crippen LogP contribution in [-0.4, -0.2) is 63.7 Å². The Morgan fingerprint density at radius 1 is 1.16 bits per heavy atom. The number of nitrogens with zero attached hydrogens (tertiary/aromatic N) is 3. The van der Waals surface area contributed by atoms with Crippen molar-refractivity contribution in [2.75, 3.05) is 31.5 Å². The van der Waals surface area contributed by atoms with Crippen LogP contribution >= 0.6 is 0 Å². The van der Waals surface area contributed by atoms with E-state index in [1.807, 2.05) is 18.7 Å². The number of halogens is 1. The number of rotatable bonds is 6. The monoisotopic (exact) mass is 442 g/mol. The van der Waals surface area contributed by atoms with Crippen molar-refractivity contribution in [1.29, 1.82) is 0 Å². The number of aromatic nitrogens is 1. The Kier molecular flexibility index (Phi) is 6.78. The maximum atomic E-state index is 13.8. The van der Waals surface area contributed by atoms with E-state index in [-0.39, 0.29) is 12.1 Å². The highest BCUT2D eigenvalue weighted by Gasteiger charge is 2.29. The summed E-state index contributed by atoms with van der Waals surface area (Å²) in [6.45, 7) is 9.29. The second-order valence-electron chi connectivity index (χ2n) is 7.64. The van der Waals surface area contributed by atoms with E-state index in [0.717, 1.165) is 18.0 Å². The molecule has 1 aliphatic rings. The first-order valence-corrected chi connectivity index (χ1v) is 10.5. The SMILES string of the molecule is CCN(CC)CCN(C(=O)O)C(=O)n1c(C)cc(C)c1C=C1C(=O)Nc2ccc(F)cc21. The molecule has 3 amide bonds. The highest BCUT2D eigenvalue weighted by Crippen LogP contribution is 2.34. The third-order valence-electron chi connectivity index (χ3n) is 5.66. The average molecular weight is 442 g/mol. The number of imide groups is 1. The number of benzene rings is 1. The van der Waals surface area contributed by atoms with E-state index in [0.29, 0.717) is 34.7 Å². The Balaban J connectivity index is 2.03. The fourth-order valence-electron chi connectivity index (χ4n) is 3.87. The number of aryl methyl sites for hydroxylation is 2. The molecule has 0 atom stereocenters. The van der Waals surface area contributed by atoms with Gasteiger partial charge in [-0.15, -0.1) is 0 Å². The Morgan fingerprint density at radius 2 is 1.84 bits per heavy atom.